The highest BCUT2D eigenvalue weighted by atomic mass is 16.5. The fourth-order valence-electron chi connectivity index (χ4n) is 2.83. The lowest BCUT2D eigenvalue weighted by Gasteiger charge is -2.34. The molecule has 1 aliphatic heterocycles. The van der Waals surface area contributed by atoms with Gasteiger partial charge in [-0.2, -0.15) is 0 Å². The van der Waals surface area contributed by atoms with Crippen molar-refractivity contribution < 1.29 is 9.53 Å². The maximum absolute atomic E-state index is 11.8. The minimum absolute atomic E-state index is 0.131. The minimum atomic E-state index is -0.167. The Morgan fingerprint density at radius 2 is 1.89 bits per heavy atom. The van der Waals surface area contributed by atoms with Gasteiger partial charge in [0.2, 0.25) is 0 Å². The minimum Gasteiger partial charge on any atom is -0.468 e. The van der Waals surface area contributed by atoms with Crippen LogP contribution in [0.4, 0.5) is 0 Å². The Bertz CT molecular complexity index is 273. The first-order valence-electron chi connectivity index (χ1n) is 7.46. The molecule has 0 aliphatic carbocycles. The van der Waals surface area contributed by atoms with Gasteiger partial charge in [0.1, 0.15) is 6.04 Å². The summed E-state index contributed by atoms with van der Waals surface area (Å²) in [7, 11) is 3.64. The van der Waals surface area contributed by atoms with E-state index in [1.54, 1.807) is 0 Å². The molecule has 0 saturated carbocycles. The van der Waals surface area contributed by atoms with Gasteiger partial charge in [0.25, 0.3) is 0 Å². The summed E-state index contributed by atoms with van der Waals surface area (Å²) in [6.45, 7) is 8.79. The summed E-state index contributed by atoms with van der Waals surface area (Å²) in [5.41, 5.74) is 0. The Morgan fingerprint density at radius 1 is 1.32 bits per heavy atom. The van der Waals surface area contributed by atoms with Crippen LogP contribution >= 0.6 is 0 Å². The molecular formula is C15H30N2O2. The first kappa shape index (κ1) is 16.4. The first-order valence-corrected chi connectivity index (χ1v) is 7.46. The molecule has 4 heteroatoms. The van der Waals surface area contributed by atoms with E-state index in [9.17, 15) is 4.79 Å². The highest BCUT2D eigenvalue weighted by molar-refractivity contribution is 5.75. The van der Waals surface area contributed by atoms with Crippen LogP contribution in [0.1, 0.15) is 40.0 Å². The summed E-state index contributed by atoms with van der Waals surface area (Å²) < 4.78 is 4.91. The summed E-state index contributed by atoms with van der Waals surface area (Å²) in [5, 5.41) is 3.49. The maximum atomic E-state index is 11.8. The number of piperidine rings is 1. The lowest BCUT2D eigenvalue weighted by Crippen LogP contribution is -2.48. The number of nitrogens with one attached hydrogen (secondary N) is 1. The highest BCUT2D eigenvalue weighted by Gasteiger charge is 2.27. The van der Waals surface area contributed by atoms with Crippen molar-refractivity contribution >= 4 is 5.97 Å². The van der Waals surface area contributed by atoms with Crippen LogP contribution in [0.25, 0.3) is 0 Å². The third-order valence-electron chi connectivity index (χ3n) is 4.13. The monoisotopic (exact) mass is 270 g/mol. The molecule has 1 heterocycles. The number of carbonyl (C=O) groups is 1. The Labute approximate surface area is 117 Å². The lowest BCUT2D eigenvalue weighted by atomic mass is 9.89. The number of esters is 1. The van der Waals surface area contributed by atoms with Gasteiger partial charge in [-0.25, -0.2) is 0 Å². The molecule has 0 radical (unpaired) electrons. The number of methoxy groups -OCH3 is 1. The number of rotatable bonds is 6. The summed E-state index contributed by atoms with van der Waals surface area (Å²) in [5.74, 6) is 1.02. The standard InChI is InChI=1S/C15H30N2O2/c1-11(2)10-14(15(18)19-5)16-12(3)13-6-8-17(4)9-7-13/h11-14,16H,6-10H2,1-5H3. The average Bonchev–Trinajstić information content (AvgIpc) is 2.37. The van der Waals surface area contributed by atoms with Gasteiger partial charge in [0.05, 0.1) is 7.11 Å². The normalized spacial score (nSPS) is 21.4. The van der Waals surface area contributed by atoms with Crippen molar-refractivity contribution in [2.45, 2.75) is 52.1 Å². The zero-order valence-electron chi connectivity index (χ0n) is 13.1. The van der Waals surface area contributed by atoms with Gasteiger partial charge in [-0.1, -0.05) is 13.8 Å². The van der Waals surface area contributed by atoms with Crippen molar-refractivity contribution in [3.8, 4) is 0 Å². The van der Waals surface area contributed by atoms with Crippen molar-refractivity contribution in [1.29, 1.82) is 0 Å². The molecule has 1 aliphatic rings. The number of hydrogen-bond acceptors (Lipinski definition) is 4. The average molecular weight is 270 g/mol. The van der Waals surface area contributed by atoms with Crippen LogP contribution in [-0.4, -0.2) is 50.2 Å². The van der Waals surface area contributed by atoms with Gasteiger partial charge >= 0.3 is 5.97 Å². The van der Waals surface area contributed by atoms with Gasteiger partial charge in [0.15, 0.2) is 0 Å². The van der Waals surface area contributed by atoms with E-state index in [0.717, 1.165) is 19.5 Å². The van der Waals surface area contributed by atoms with Gasteiger partial charge in [-0.3, -0.25) is 4.79 Å². The summed E-state index contributed by atoms with van der Waals surface area (Å²) >= 11 is 0. The van der Waals surface area contributed by atoms with E-state index < -0.39 is 0 Å². The van der Waals surface area contributed by atoms with Gasteiger partial charge in [-0.15, -0.1) is 0 Å². The number of hydrogen-bond donors (Lipinski definition) is 1. The van der Waals surface area contributed by atoms with Crippen LogP contribution in [0.15, 0.2) is 0 Å². The molecule has 1 N–H and O–H groups in total. The van der Waals surface area contributed by atoms with Gasteiger partial charge in [-0.05, 0) is 58.2 Å². The molecule has 1 rings (SSSR count). The molecule has 112 valence electrons. The van der Waals surface area contributed by atoms with Crippen LogP contribution < -0.4 is 5.32 Å². The topological polar surface area (TPSA) is 41.6 Å². The molecule has 0 aromatic rings. The van der Waals surface area contributed by atoms with E-state index >= 15 is 0 Å². The third kappa shape index (κ3) is 5.49. The van der Waals surface area contributed by atoms with E-state index in [1.807, 2.05) is 0 Å². The molecule has 4 nitrogen and oxygen atoms in total. The molecular weight excluding hydrogens is 240 g/mol. The third-order valence-corrected chi connectivity index (χ3v) is 4.13. The van der Waals surface area contributed by atoms with E-state index in [2.05, 4.69) is 38.0 Å². The molecule has 0 aromatic carbocycles. The van der Waals surface area contributed by atoms with Crippen LogP contribution in [0, 0.1) is 11.8 Å². The fourth-order valence-corrected chi connectivity index (χ4v) is 2.83. The van der Waals surface area contributed by atoms with Crippen LogP contribution in [-0.2, 0) is 9.53 Å². The molecule has 2 atom stereocenters. The fraction of sp³-hybridized carbons (Fsp3) is 0.933. The Balaban J connectivity index is 2.50. The van der Waals surface area contributed by atoms with E-state index in [-0.39, 0.29) is 12.0 Å². The predicted octanol–water partition coefficient (Wildman–Crippen LogP) is 1.89. The number of likely N-dealkylation sites (tertiary alicyclic amines) is 1. The van der Waals surface area contributed by atoms with Crippen molar-refractivity contribution in [3.05, 3.63) is 0 Å². The Hall–Kier alpha value is -0.610. The summed E-state index contributed by atoms with van der Waals surface area (Å²) in [6.07, 6.45) is 3.25. The second-order valence-electron chi connectivity index (χ2n) is 6.30. The number of carbonyl (C=O) groups excluding carboxylic acids is 1. The summed E-state index contributed by atoms with van der Waals surface area (Å²) in [4.78, 5) is 14.2. The molecule has 0 amide bonds. The zero-order valence-corrected chi connectivity index (χ0v) is 13.1. The van der Waals surface area contributed by atoms with Crippen molar-refractivity contribution in [1.82, 2.24) is 10.2 Å². The van der Waals surface area contributed by atoms with Crippen LogP contribution in [0.5, 0.6) is 0 Å². The Morgan fingerprint density at radius 3 is 2.37 bits per heavy atom. The maximum Gasteiger partial charge on any atom is 0.322 e. The summed E-state index contributed by atoms with van der Waals surface area (Å²) in [6, 6.07) is 0.205. The van der Waals surface area contributed by atoms with E-state index in [4.69, 9.17) is 4.74 Å². The SMILES string of the molecule is COC(=O)C(CC(C)C)NC(C)C1CCN(C)CC1. The zero-order chi connectivity index (χ0) is 14.4. The van der Waals surface area contributed by atoms with E-state index in [1.165, 1.54) is 20.0 Å². The Kier molecular flexibility index (Phi) is 6.80. The number of ether oxygens (including phenoxy) is 1. The lowest BCUT2D eigenvalue weighted by molar-refractivity contribution is -0.144. The highest BCUT2D eigenvalue weighted by Crippen LogP contribution is 2.20. The number of nitrogens with zero attached hydrogens (tertiary/aromatic N) is 1. The smallest absolute Gasteiger partial charge is 0.322 e. The molecule has 1 saturated heterocycles. The molecule has 2 unspecified atom stereocenters. The molecule has 19 heavy (non-hydrogen) atoms. The largest absolute Gasteiger partial charge is 0.468 e. The molecule has 1 fully saturated rings. The first-order chi connectivity index (χ1) is 8.93. The van der Waals surface area contributed by atoms with Crippen LogP contribution in [0.2, 0.25) is 0 Å². The van der Waals surface area contributed by atoms with Crippen molar-refractivity contribution in [3.63, 3.8) is 0 Å². The second-order valence-corrected chi connectivity index (χ2v) is 6.30. The molecule has 0 spiro atoms. The van der Waals surface area contributed by atoms with Crippen molar-refractivity contribution in [2.24, 2.45) is 11.8 Å². The molecule has 0 bridgehead atoms. The van der Waals surface area contributed by atoms with E-state index in [0.29, 0.717) is 17.9 Å². The molecule has 0 aromatic heterocycles. The second kappa shape index (κ2) is 7.85. The van der Waals surface area contributed by atoms with Gasteiger partial charge < -0.3 is 15.0 Å². The van der Waals surface area contributed by atoms with Crippen molar-refractivity contribution in [2.75, 3.05) is 27.2 Å². The predicted molar refractivity (Wildman–Crippen MR) is 78.1 cm³/mol. The quantitative estimate of drug-likeness (QED) is 0.749. The van der Waals surface area contributed by atoms with Gasteiger partial charge in [0, 0.05) is 6.04 Å². The van der Waals surface area contributed by atoms with Crippen LogP contribution in [0.3, 0.4) is 0 Å².